The van der Waals surface area contributed by atoms with Crippen molar-refractivity contribution in [3.05, 3.63) is 29.1 Å². The van der Waals surface area contributed by atoms with E-state index < -0.39 is 0 Å². The van der Waals surface area contributed by atoms with Crippen LogP contribution >= 0.6 is 0 Å². The molecule has 0 saturated heterocycles. The van der Waals surface area contributed by atoms with Gasteiger partial charge in [-0.3, -0.25) is 0 Å². The minimum Gasteiger partial charge on any atom is -0.206 e. The Hall–Kier alpha value is -1.18. The van der Waals surface area contributed by atoms with Gasteiger partial charge in [-0.25, -0.2) is 8.97 Å². The first-order valence-electron chi connectivity index (χ1n) is 6.95. The van der Waals surface area contributed by atoms with Crippen LogP contribution in [0.5, 0.6) is 0 Å². The summed E-state index contributed by atoms with van der Waals surface area (Å²) >= 11 is 0. The molecule has 0 aromatic heterocycles. The van der Waals surface area contributed by atoms with Crippen molar-refractivity contribution in [3.63, 3.8) is 0 Å². The lowest BCUT2D eigenvalue weighted by atomic mass is 9.67. The fourth-order valence-electron chi connectivity index (χ4n) is 3.85. The first-order valence-corrected chi connectivity index (χ1v) is 6.95. The van der Waals surface area contributed by atoms with Gasteiger partial charge in [0.25, 0.3) is 0 Å². The second-order valence-corrected chi connectivity index (χ2v) is 5.88. The largest absolute Gasteiger partial charge is 0.212 e. The molecule has 1 nitrogen and oxygen atoms in total. The summed E-state index contributed by atoms with van der Waals surface area (Å²) in [5.41, 5.74) is 4.15. The van der Waals surface area contributed by atoms with E-state index in [1.165, 1.54) is 25.0 Å². The molecule has 0 bridgehead atoms. The number of aryl methyl sites for hydroxylation is 1. The van der Waals surface area contributed by atoms with Gasteiger partial charge in [0, 0.05) is 13.0 Å². The predicted molar refractivity (Wildman–Crippen MR) is 72.4 cm³/mol. The third-order valence-corrected chi connectivity index (χ3v) is 5.06. The number of benzene rings is 1. The molecule has 1 spiro atoms. The van der Waals surface area contributed by atoms with Gasteiger partial charge in [-0.05, 0) is 31.4 Å². The van der Waals surface area contributed by atoms with Gasteiger partial charge in [0.15, 0.2) is 5.71 Å². The fraction of sp³-hybridized carbons (Fsp3) is 0.562. The van der Waals surface area contributed by atoms with Crippen LogP contribution < -0.4 is 0 Å². The zero-order valence-electron chi connectivity index (χ0n) is 11.5. The summed E-state index contributed by atoms with van der Waals surface area (Å²) in [6, 6.07) is 3.99. The van der Waals surface area contributed by atoms with E-state index in [1.807, 2.05) is 13.0 Å². The van der Waals surface area contributed by atoms with Crippen molar-refractivity contribution < 1.29 is 8.97 Å². The van der Waals surface area contributed by atoms with Crippen molar-refractivity contribution in [2.45, 2.75) is 51.4 Å². The molecule has 0 atom stereocenters. The Morgan fingerprint density at radius 2 is 1.78 bits per heavy atom. The molecule has 0 unspecified atom stereocenters. The van der Waals surface area contributed by atoms with Crippen molar-refractivity contribution in [2.75, 3.05) is 7.05 Å². The van der Waals surface area contributed by atoms with Gasteiger partial charge in [0.05, 0.1) is 11.0 Å². The normalized spacial score (nSPS) is 21.6. The molecular formula is C16H21FN+. The molecule has 2 heteroatoms. The number of hydrogen-bond donors (Lipinski definition) is 0. The van der Waals surface area contributed by atoms with Crippen LogP contribution in [0.15, 0.2) is 12.1 Å². The molecule has 0 N–H and O–H groups in total. The third kappa shape index (κ3) is 1.35. The zero-order chi connectivity index (χ0) is 12.9. The van der Waals surface area contributed by atoms with Gasteiger partial charge >= 0.3 is 0 Å². The predicted octanol–water partition coefficient (Wildman–Crippen LogP) is 4.08. The average molecular weight is 246 g/mol. The van der Waals surface area contributed by atoms with Gasteiger partial charge in [-0.1, -0.05) is 19.3 Å². The lowest BCUT2D eigenvalue weighted by Crippen LogP contribution is -2.36. The van der Waals surface area contributed by atoms with Crippen LogP contribution in [0.3, 0.4) is 0 Å². The number of fused-ring (bicyclic) bond motifs is 2. The van der Waals surface area contributed by atoms with Crippen LogP contribution in [0.1, 0.15) is 50.2 Å². The van der Waals surface area contributed by atoms with Crippen LogP contribution in [-0.2, 0) is 5.41 Å². The molecule has 0 radical (unpaired) electrons. The van der Waals surface area contributed by atoms with E-state index in [0.717, 1.165) is 29.7 Å². The number of halogens is 1. The second kappa shape index (κ2) is 3.91. The molecule has 1 fully saturated rings. The van der Waals surface area contributed by atoms with E-state index in [9.17, 15) is 4.39 Å². The SMILES string of the molecule is CC1=[N+](C)c2ccc(C)c(F)c2C12CCCCC2. The van der Waals surface area contributed by atoms with Crippen LogP contribution in [0.2, 0.25) is 0 Å². The fourth-order valence-corrected chi connectivity index (χ4v) is 3.85. The molecule has 1 aliphatic carbocycles. The minimum absolute atomic E-state index is 0.0154. The van der Waals surface area contributed by atoms with Crippen molar-refractivity contribution in [1.29, 1.82) is 0 Å². The van der Waals surface area contributed by atoms with Gasteiger partial charge in [-0.15, -0.1) is 0 Å². The lowest BCUT2D eigenvalue weighted by Gasteiger charge is -2.31. The Kier molecular flexibility index (Phi) is 2.58. The van der Waals surface area contributed by atoms with E-state index in [0.29, 0.717) is 0 Å². The Balaban J connectivity index is 2.27. The molecular weight excluding hydrogens is 225 g/mol. The van der Waals surface area contributed by atoms with Crippen molar-refractivity contribution in [3.8, 4) is 0 Å². The highest BCUT2D eigenvalue weighted by Gasteiger charge is 2.51. The van der Waals surface area contributed by atoms with E-state index in [2.05, 4.69) is 24.6 Å². The number of rotatable bonds is 0. The maximum atomic E-state index is 14.6. The highest BCUT2D eigenvalue weighted by molar-refractivity contribution is 5.94. The minimum atomic E-state index is -0.0154. The maximum absolute atomic E-state index is 14.6. The number of hydrogen-bond acceptors (Lipinski definition) is 0. The molecule has 18 heavy (non-hydrogen) atoms. The standard InChI is InChI=1S/C16H21FN/c1-11-7-8-13-14(15(11)17)16(12(2)18(13)3)9-5-4-6-10-16/h7-8H,4-6,9-10H2,1-3H3/q+1. The average Bonchev–Trinajstić information content (AvgIpc) is 2.58. The van der Waals surface area contributed by atoms with Gasteiger partial charge in [0.1, 0.15) is 12.9 Å². The molecule has 0 amide bonds. The summed E-state index contributed by atoms with van der Waals surface area (Å²) in [6.07, 6.45) is 5.95. The van der Waals surface area contributed by atoms with Crippen LogP contribution in [0.25, 0.3) is 0 Å². The Morgan fingerprint density at radius 3 is 2.44 bits per heavy atom. The second-order valence-electron chi connectivity index (χ2n) is 5.88. The molecule has 2 aliphatic rings. The third-order valence-electron chi connectivity index (χ3n) is 5.06. The highest BCUT2D eigenvalue weighted by Crippen LogP contribution is 2.49. The van der Waals surface area contributed by atoms with E-state index in [-0.39, 0.29) is 11.2 Å². The molecule has 1 heterocycles. The molecule has 96 valence electrons. The van der Waals surface area contributed by atoms with Crippen LogP contribution in [-0.4, -0.2) is 17.3 Å². The van der Waals surface area contributed by atoms with Gasteiger partial charge < -0.3 is 0 Å². The van der Waals surface area contributed by atoms with Gasteiger partial charge in [-0.2, -0.15) is 0 Å². The summed E-state index contributed by atoms with van der Waals surface area (Å²) in [5.74, 6) is 0.0260. The Bertz CT molecular complexity index is 536. The Labute approximate surface area is 108 Å². The van der Waals surface area contributed by atoms with Crippen molar-refractivity contribution in [1.82, 2.24) is 0 Å². The van der Waals surface area contributed by atoms with Crippen molar-refractivity contribution >= 4 is 11.4 Å². The lowest BCUT2D eigenvalue weighted by molar-refractivity contribution is -0.403. The summed E-state index contributed by atoms with van der Waals surface area (Å²) in [6.45, 7) is 4.06. The van der Waals surface area contributed by atoms with E-state index >= 15 is 0 Å². The quantitative estimate of drug-likeness (QED) is 0.607. The van der Waals surface area contributed by atoms with E-state index in [4.69, 9.17) is 0 Å². The zero-order valence-corrected chi connectivity index (χ0v) is 11.5. The first kappa shape index (κ1) is 11.9. The molecule has 1 aliphatic heterocycles. The smallest absolute Gasteiger partial charge is 0.206 e. The molecule has 3 rings (SSSR count). The van der Waals surface area contributed by atoms with Crippen LogP contribution in [0.4, 0.5) is 10.1 Å². The molecule has 1 saturated carbocycles. The Morgan fingerprint density at radius 1 is 1.11 bits per heavy atom. The topological polar surface area (TPSA) is 3.01 Å². The van der Waals surface area contributed by atoms with Crippen LogP contribution in [0, 0.1) is 12.7 Å². The summed E-state index contributed by atoms with van der Waals surface area (Å²) in [5, 5.41) is 0. The number of nitrogens with zero attached hydrogens (tertiary/aromatic N) is 1. The summed E-state index contributed by atoms with van der Waals surface area (Å²) < 4.78 is 16.8. The molecule has 1 aromatic rings. The maximum Gasteiger partial charge on any atom is 0.212 e. The van der Waals surface area contributed by atoms with E-state index in [1.54, 1.807) is 0 Å². The highest BCUT2D eigenvalue weighted by atomic mass is 19.1. The summed E-state index contributed by atoms with van der Waals surface area (Å²) in [7, 11) is 2.08. The monoisotopic (exact) mass is 246 g/mol. The van der Waals surface area contributed by atoms with Gasteiger partial charge in [0.2, 0.25) is 5.69 Å². The summed E-state index contributed by atoms with van der Waals surface area (Å²) in [4.78, 5) is 0. The first-order chi connectivity index (χ1) is 8.58. The molecule has 1 aromatic carbocycles. The van der Waals surface area contributed by atoms with Crippen molar-refractivity contribution in [2.24, 2.45) is 0 Å².